The van der Waals surface area contributed by atoms with Gasteiger partial charge in [0.25, 0.3) is 0 Å². The fourth-order valence-corrected chi connectivity index (χ4v) is 4.50. The van der Waals surface area contributed by atoms with Gasteiger partial charge in [-0.25, -0.2) is 0 Å². The van der Waals surface area contributed by atoms with Crippen molar-refractivity contribution in [1.29, 1.82) is 0 Å². The zero-order valence-corrected chi connectivity index (χ0v) is 16.3. The molecule has 3 rings (SSSR count). The van der Waals surface area contributed by atoms with Crippen LogP contribution in [0.2, 0.25) is 0 Å². The number of hydrogen-bond acceptors (Lipinski definition) is 3. The zero-order chi connectivity index (χ0) is 18.2. The Labute approximate surface area is 160 Å². The Balaban J connectivity index is 1.26. The van der Waals surface area contributed by atoms with Gasteiger partial charge in [-0.05, 0) is 81.9 Å². The molecule has 1 aliphatic carbocycles. The number of allylic oxidation sites excluding steroid dienone is 1. The van der Waals surface area contributed by atoms with Gasteiger partial charge in [0.05, 0.1) is 0 Å². The van der Waals surface area contributed by atoms with Crippen molar-refractivity contribution in [2.24, 2.45) is 17.6 Å². The monoisotopic (exact) mass is 355 g/mol. The molecule has 3 heteroatoms. The lowest BCUT2D eigenvalue weighted by molar-refractivity contribution is 0.180. The van der Waals surface area contributed by atoms with Gasteiger partial charge in [-0.15, -0.1) is 0 Å². The second-order valence-corrected chi connectivity index (χ2v) is 8.37. The average Bonchev–Trinajstić information content (AvgIpc) is 2.68. The van der Waals surface area contributed by atoms with E-state index in [0.717, 1.165) is 31.8 Å². The Morgan fingerprint density at radius 3 is 2.42 bits per heavy atom. The van der Waals surface area contributed by atoms with E-state index in [1.165, 1.54) is 62.9 Å². The first-order valence-corrected chi connectivity index (χ1v) is 10.6. The summed E-state index contributed by atoms with van der Waals surface area (Å²) >= 11 is 0. The van der Waals surface area contributed by atoms with Crippen LogP contribution >= 0.6 is 0 Å². The average molecular weight is 356 g/mol. The molecule has 1 heterocycles. The first kappa shape index (κ1) is 19.4. The molecule has 1 saturated carbocycles. The van der Waals surface area contributed by atoms with Crippen molar-refractivity contribution >= 4 is 0 Å². The van der Waals surface area contributed by atoms with Crippen LogP contribution in [0.5, 0.6) is 0 Å². The summed E-state index contributed by atoms with van der Waals surface area (Å²) in [6.07, 6.45) is 10.0. The standard InChI is InChI=1S/C23H37N3/c1-19(22-9-11-23(24)12-10-22)25-15-18-26-16-13-21(14-17-26)8-7-20-5-3-2-4-6-20/h2-6,21-23,25H,1,7-18,24H2. The SMILES string of the molecule is C=C(NCCN1CCC(CCc2ccccc2)CC1)C1CCC(N)CC1. The maximum atomic E-state index is 6.00. The quantitative estimate of drug-likeness (QED) is 0.742. The number of nitrogens with one attached hydrogen (secondary N) is 1. The predicted molar refractivity (Wildman–Crippen MR) is 111 cm³/mol. The van der Waals surface area contributed by atoms with Gasteiger partial charge in [-0.2, -0.15) is 0 Å². The maximum absolute atomic E-state index is 6.00. The number of rotatable bonds is 8. The van der Waals surface area contributed by atoms with Gasteiger partial charge in [0.2, 0.25) is 0 Å². The molecule has 0 bridgehead atoms. The van der Waals surface area contributed by atoms with E-state index in [1.807, 2.05) is 0 Å². The van der Waals surface area contributed by atoms with Crippen molar-refractivity contribution in [2.45, 2.75) is 57.4 Å². The van der Waals surface area contributed by atoms with Gasteiger partial charge in [-0.3, -0.25) is 0 Å². The summed E-state index contributed by atoms with van der Waals surface area (Å²) in [7, 11) is 0. The molecule has 1 aromatic rings. The van der Waals surface area contributed by atoms with Gasteiger partial charge >= 0.3 is 0 Å². The Morgan fingerprint density at radius 2 is 1.73 bits per heavy atom. The molecule has 0 aromatic heterocycles. The topological polar surface area (TPSA) is 41.3 Å². The minimum atomic E-state index is 0.419. The highest BCUT2D eigenvalue weighted by Crippen LogP contribution is 2.27. The molecule has 3 nitrogen and oxygen atoms in total. The maximum Gasteiger partial charge on any atom is 0.0271 e. The van der Waals surface area contributed by atoms with Crippen LogP contribution in [-0.2, 0) is 6.42 Å². The third kappa shape index (κ3) is 6.14. The molecule has 1 saturated heterocycles. The first-order chi connectivity index (χ1) is 12.7. The molecule has 1 aromatic carbocycles. The smallest absolute Gasteiger partial charge is 0.0271 e. The number of nitrogens with zero attached hydrogens (tertiary/aromatic N) is 1. The summed E-state index contributed by atoms with van der Waals surface area (Å²) in [4.78, 5) is 2.62. The number of nitrogens with two attached hydrogens (primary N) is 1. The second kappa shape index (κ2) is 10.1. The van der Waals surface area contributed by atoms with E-state index in [9.17, 15) is 0 Å². The molecule has 0 radical (unpaired) electrons. The molecule has 0 atom stereocenters. The Morgan fingerprint density at radius 1 is 1.04 bits per heavy atom. The van der Waals surface area contributed by atoms with Gasteiger partial charge in [0.15, 0.2) is 0 Å². The second-order valence-electron chi connectivity index (χ2n) is 8.37. The van der Waals surface area contributed by atoms with E-state index in [1.54, 1.807) is 0 Å². The molecular formula is C23H37N3. The van der Waals surface area contributed by atoms with E-state index in [0.29, 0.717) is 12.0 Å². The van der Waals surface area contributed by atoms with Crippen molar-refractivity contribution in [3.05, 3.63) is 48.2 Å². The first-order valence-electron chi connectivity index (χ1n) is 10.6. The third-order valence-electron chi connectivity index (χ3n) is 6.44. The summed E-state index contributed by atoms with van der Waals surface area (Å²) in [6, 6.07) is 11.3. The number of benzene rings is 1. The van der Waals surface area contributed by atoms with E-state index >= 15 is 0 Å². The molecule has 2 fully saturated rings. The van der Waals surface area contributed by atoms with Crippen molar-refractivity contribution in [3.8, 4) is 0 Å². The molecule has 144 valence electrons. The van der Waals surface area contributed by atoms with Crippen LogP contribution in [0.4, 0.5) is 0 Å². The summed E-state index contributed by atoms with van der Waals surface area (Å²) in [5, 5.41) is 3.60. The van der Waals surface area contributed by atoms with Gasteiger partial charge in [-0.1, -0.05) is 36.9 Å². The summed E-state index contributed by atoms with van der Waals surface area (Å²) in [6.45, 7) is 8.98. The lowest BCUT2D eigenvalue weighted by Crippen LogP contribution is -2.39. The van der Waals surface area contributed by atoms with Gasteiger partial charge in [0, 0.05) is 24.8 Å². The van der Waals surface area contributed by atoms with Gasteiger partial charge in [0.1, 0.15) is 0 Å². The predicted octanol–water partition coefficient (Wildman–Crippen LogP) is 3.95. The highest BCUT2D eigenvalue weighted by atomic mass is 15.1. The zero-order valence-electron chi connectivity index (χ0n) is 16.3. The molecule has 0 amide bonds. The fourth-order valence-electron chi connectivity index (χ4n) is 4.50. The van der Waals surface area contributed by atoms with Crippen LogP contribution in [-0.4, -0.2) is 37.1 Å². The van der Waals surface area contributed by atoms with E-state index in [-0.39, 0.29) is 0 Å². The van der Waals surface area contributed by atoms with Crippen LogP contribution in [0.3, 0.4) is 0 Å². The summed E-state index contributed by atoms with van der Waals surface area (Å²) in [5.74, 6) is 1.54. The lowest BCUT2D eigenvalue weighted by atomic mass is 9.85. The summed E-state index contributed by atoms with van der Waals surface area (Å²) < 4.78 is 0. The number of likely N-dealkylation sites (tertiary alicyclic amines) is 1. The number of aryl methyl sites for hydroxylation is 1. The molecule has 1 aliphatic heterocycles. The number of hydrogen-bond donors (Lipinski definition) is 2. The Hall–Kier alpha value is -1.32. The molecule has 0 spiro atoms. The van der Waals surface area contributed by atoms with Gasteiger partial charge < -0.3 is 16.0 Å². The molecule has 0 unspecified atom stereocenters. The molecular weight excluding hydrogens is 318 g/mol. The summed E-state index contributed by atoms with van der Waals surface area (Å²) in [5.41, 5.74) is 8.74. The minimum absolute atomic E-state index is 0.419. The van der Waals surface area contributed by atoms with Crippen molar-refractivity contribution in [3.63, 3.8) is 0 Å². The fraction of sp³-hybridized carbons (Fsp3) is 0.652. The van der Waals surface area contributed by atoms with E-state index < -0.39 is 0 Å². The van der Waals surface area contributed by atoms with E-state index in [4.69, 9.17) is 5.73 Å². The van der Waals surface area contributed by atoms with Crippen molar-refractivity contribution in [2.75, 3.05) is 26.2 Å². The van der Waals surface area contributed by atoms with Crippen LogP contribution in [0.1, 0.15) is 50.5 Å². The molecule has 2 aliphatic rings. The van der Waals surface area contributed by atoms with Crippen LogP contribution in [0, 0.1) is 11.8 Å². The molecule has 26 heavy (non-hydrogen) atoms. The normalized spacial score (nSPS) is 25.1. The lowest BCUT2D eigenvalue weighted by Gasteiger charge is -2.33. The van der Waals surface area contributed by atoms with Crippen LogP contribution < -0.4 is 11.1 Å². The molecule has 3 N–H and O–H groups in total. The number of piperidine rings is 1. The third-order valence-corrected chi connectivity index (χ3v) is 6.44. The minimum Gasteiger partial charge on any atom is -0.387 e. The highest BCUT2D eigenvalue weighted by molar-refractivity contribution is 5.14. The highest BCUT2D eigenvalue weighted by Gasteiger charge is 2.21. The largest absolute Gasteiger partial charge is 0.387 e. The van der Waals surface area contributed by atoms with E-state index in [2.05, 4.69) is 47.1 Å². The Bertz CT molecular complexity index is 526. The van der Waals surface area contributed by atoms with Crippen LogP contribution in [0.15, 0.2) is 42.6 Å². The Kier molecular flexibility index (Phi) is 7.57. The van der Waals surface area contributed by atoms with Crippen molar-refractivity contribution < 1.29 is 0 Å². The van der Waals surface area contributed by atoms with Crippen LogP contribution in [0.25, 0.3) is 0 Å². The van der Waals surface area contributed by atoms with Crippen molar-refractivity contribution in [1.82, 2.24) is 10.2 Å².